The Kier molecular flexibility index (Phi) is 6.49. The van der Waals surface area contributed by atoms with E-state index in [1.165, 1.54) is 22.2 Å². The predicted molar refractivity (Wildman–Crippen MR) is 118 cm³/mol. The van der Waals surface area contributed by atoms with Crippen LogP contribution in [0.1, 0.15) is 44.2 Å². The van der Waals surface area contributed by atoms with Gasteiger partial charge in [-0.3, -0.25) is 9.40 Å². The number of halogens is 2. The topological polar surface area (TPSA) is 86.1 Å². The van der Waals surface area contributed by atoms with Crippen molar-refractivity contribution in [3.05, 3.63) is 51.8 Å². The molecule has 2 atom stereocenters. The molecule has 1 N–H and O–H groups in total. The summed E-state index contributed by atoms with van der Waals surface area (Å²) in [4.78, 5) is 3.31. The average Bonchev–Trinajstić information content (AvgIpc) is 3.42. The monoisotopic (exact) mass is 484 g/mol. The predicted octanol–water partition coefficient (Wildman–Crippen LogP) is 5.06. The van der Waals surface area contributed by atoms with Gasteiger partial charge in [0.2, 0.25) is 0 Å². The molecule has 166 valence electrons. The Morgan fingerprint density at radius 2 is 2.16 bits per heavy atom. The fourth-order valence-electron chi connectivity index (χ4n) is 3.92. The molecule has 2 aromatic heterocycles. The lowest BCUT2D eigenvalue weighted by Gasteiger charge is -2.32. The van der Waals surface area contributed by atoms with E-state index < -0.39 is 20.7 Å². The Hall–Kier alpha value is -2.17. The Morgan fingerprint density at radius 1 is 1.35 bits per heavy atom. The first-order valence-corrected chi connectivity index (χ1v) is 12.8. The Labute approximate surface area is 189 Å². The Morgan fingerprint density at radius 3 is 2.90 bits per heavy atom. The minimum atomic E-state index is -4.17. The van der Waals surface area contributed by atoms with Crippen LogP contribution in [-0.2, 0) is 16.6 Å². The molecule has 2 heterocycles. The second-order valence-corrected chi connectivity index (χ2v) is 10.1. The number of nitrogens with one attached hydrogen (secondary N) is 1. The van der Waals surface area contributed by atoms with Crippen LogP contribution >= 0.6 is 22.9 Å². The number of aryl methyl sites for hydroxylation is 1. The molecule has 4 rings (SSSR count). The zero-order valence-corrected chi connectivity index (χ0v) is 19.2. The minimum Gasteiger partial charge on any atom is -0.488 e. The number of rotatable bonds is 7. The highest BCUT2D eigenvalue weighted by Crippen LogP contribution is 2.38. The molecule has 1 fully saturated rings. The SMILES string of the molecule is CCn1nccc1C1CCCCC1Oc1cc(F)c(S(=O)(=O)Nc2cscn2)cc1Cl. The van der Waals surface area contributed by atoms with Gasteiger partial charge in [0.15, 0.2) is 5.82 Å². The Balaban J connectivity index is 1.59. The summed E-state index contributed by atoms with van der Waals surface area (Å²) >= 11 is 7.55. The van der Waals surface area contributed by atoms with Crippen LogP contribution in [0.5, 0.6) is 5.75 Å². The molecule has 0 amide bonds. The van der Waals surface area contributed by atoms with Crippen LogP contribution in [0.4, 0.5) is 10.2 Å². The number of ether oxygens (including phenoxy) is 1. The van der Waals surface area contributed by atoms with E-state index in [0.29, 0.717) is 0 Å². The van der Waals surface area contributed by atoms with Crippen LogP contribution in [0.2, 0.25) is 5.02 Å². The number of aromatic nitrogens is 3. The second kappa shape index (κ2) is 9.13. The van der Waals surface area contributed by atoms with E-state index in [0.717, 1.165) is 50.1 Å². The lowest BCUT2D eigenvalue weighted by molar-refractivity contribution is 0.125. The number of nitrogens with zero attached hydrogens (tertiary/aromatic N) is 3. The average molecular weight is 485 g/mol. The van der Waals surface area contributed by atoms with Crippen molar-refractivity contribution < 1.29 is 17.5 Å². The summed E-state index contributed by atoms with van der Waals surface area (Å²) in [6, 6.07) is 4.10. The van der Waals surface area contributed by atoms with Gasteiger partial charge in [0.05, 0.1) is 10.5 Å². The van der Waals surface area contributed by atoms with Crippen LogP contribution in [-0.4, -0.2) is 29.3 Å². The molecule has 1 aromatic carbocycles. The highest BCUT2D eigenvalue weighted by Gasteiger charge is 2.32. The lowest BCUT2D eigenvalue weighted by atomic mass is 9.84. The zero-order valence-electron chi connectivity index (χ0n) is 16.8. The second-order valence-electron chi connectivity index (χ2n) is 7.31. The summed E-state index contributed by atoms with van der Waals surface area (Å²) < 4.78 is 50.2. The summed E-state index contributed by atoms with van der Waals surface area (Å²) in [7, 11) is -4.17. The van der Waals surface area contributed by atoms with Crippen molar-refractivity contribution in [3.8, 4) is 5.75 Å². The standard InChI is InChI=1S/C20H22ClFN4O3S2/c1-2-26-16(7-8-24-26)13-5-3-4-6-17(13)29-18-10-15(22)19(9-14(18)21)31(27,28)25-20-11-30-12-23-20/h7-13,17,25H,2-6H2,1H3. The number of hydrogen-bond acceptors (Lipinski definition) is 6. The van der Waals surface area contributed by atoms with Gasteiger partial charge in [-0.2, -0.15) is 5.10 Å². The highest BCUT2D eigenvalue weighted by molar-refractivity contribution is 7.92. The molecule has 31 heavy (non-hydrogen) atoms. The van der Waals surface area contributed by atoms with E-state index in [1.54, 1.807) is 6.20 Å². The summed E-state index contributed by atoms with van der Waals surface area (Å²) in [6.45, 7) is 2.78. The maximum Gasteiger partial charge on any atom is 0.266 e. The first-order chi connectivity index (χ1) is 14.9. The van der Waals surface area contributed by atoms with E-state index in [2.05, 4.69) is 14.8 Å². The normalized spacial score (nSPS) is 19.3. The third-order valence-electron chi connectivity index (χ3n) is 5.36. The maximum atomic E-state index is 14.8. The van der Waals surface area contributed by atoms with Gasteiger partial charge < -0.3 is 4.74 Å². The van der Waals surface area contributed by atoms with Gasteiger partial charge in [-0.05, 0) is 38.3 Å². The molecule has 1 aliphatic carbocycles. The molecule has 0 bridgehead atoms. The summed E-state index contributed by atoms with van der Waals surface area (Å²) in [6.07, 6.45) is 5.35. The highest BCUT2D eigenvalue weighted by atomic mass is 35.5. The van der Waals surface area contributed by atoms with Gasteiger partial charge in [0.1, 0.15) is 22.6 Å². The first-order valence-electron chi connectivity index (χ1n) is 9.97. The molecule has 2 unspecified atom stereocenters. The van der Waals surface area contributed by atoms with Crippen molar-refractivity contribution in [1.29, 1.82) is 0 Å². The largest absolute Gasteiger partial charge is 0.488 e. The van der Waals surface area contributed by atoms with Crippen LogP contribution in [0.15, 0.2) is 40.2 Å². The molecule has 0 radical (unpaired) electrons. The van der Waals surface area contributed by atoms with Crippen molar-refractivity contribution in [1.82, 2.24) is 14.8 Å². The molecule has 0 saturated heterocycles. The van der Waals surface area contributed by atoms with E-state index in [-0.39, 0.29) is 28.6 Å². The van der Waals surface area contributed by atoms with E-state index >= 15 is 0 Å². The van der Waals surface area contributed by atoms with Crippen molar-refractivity contribution in [3.63, 3.8) is 0 Å². The smallest absolute Gasteiger partial charge is 0.266 e. The molecule has 1 saturated carbocycles. The van der Waals surface area contributed by atoms with Gasteiger partial charge >= 0.3 is 0 Å². The number of benzene rings is 1. The Bertz CT molecular complexity index is 1150. The van der Waals surface area contributed by atoms with Crippen LogP contribution in [0, 0.1) is 5.82 Å². The van der Waals surface area contributed by atoms with Crippen molar-refractivity contribution in [2.75, 3.05) is 4.72 Å². The molecule has 7 nitrogen and oxygen atoms in total. The molecule has 1 aliphatic rings. The third-order valence-corrected chi connectivity index (χ3v) is 7.61. The van der Waals surface area contributed by atoms with Crippen molar-refractivity contribution in [2.45, 2.75) is 56.1 Å². The van der Waals surface area contributed by atoms with Gasteiger partial charge in [-0.25, -0.2) is 17.8 Å². The third kappa shape index (κ3) is 4.70. The van der Waals surface area contributed by atoms with Gasteiger partial charge in [0, 0.05) is 35.8 Å². The zero-order chi connectivity index (χ0) is 22.0. The minimum absolute atomic E-state index is 0.0355. The van der Waals surface area contributed by atoms with Gasteiger partial charge in [-0.15, -0.1) is 11.3 Å². The maximum absolute atomic E-state index is 14.8. The van der Waals surface area contributed by atoms with E-state index in [4.69, 9.17) is 16.3 Å². The fourth-order valence-corrected chi connectivity index (χ4v) is 5.84. The van der Waals surface area contributed by atoms with Crippen LogP contribution < -0.4 is 9.46 Å². The van der Waals surface area contributed by atoms with Gasteiger partial charge in [-0.1, -0.05) is 18.0 Å². The van der Waals surface area contributed by atoms with Crippen molar-refractivity contribution >= 4 is 38.8 Å². The quantitative estimate of drug-likeness (QED) is 0.506. The van der Waals surface area contributed by atoms with Crippen LogP contribution in [0.3, 0.4) is 0 Å². The first kappa shape index (κ1) is 22.0. The van der Waals surface area contributed by atoms with Crippen molar-refractivity contribution in [2.24, 2.45) is 0 Å². The lowest BCUT2D eigenvalue weighted by Crippen LogP contribution is -2.30. The molecule has 0 spiro atoms. The van der Waals surface area contributed by atoms with Gasteiger partial charge in [0.25, 0.3) is 10.0 Å². The number of sulfonamides is 1. The van der Waals surface area contributed by atoms with E-state index in [9.17, 15) is 12.8 Å². The molecule has 0 aliphatic heterocycles. The molecular formula is C20H22ClFN4O3S2. The van der Waals surface area contributed by atoms with E-state index in [1.807, 2.05) is 17.7 Å². The summed E-state index contributed by atoms with van der Waals surface area (Å²) in [5.74, 6) is -0.581. The summed E-state index contributed by atoms with van der Waals surface area (Å²) in [5, 5.41) is 5.90. The molecule has 3 aromatic rings. The van der Waals surface area contributed by atoms with Crippen LogP contribution in [0.25, 0.3) is 0 Å². The number of thiazole rings is 1. The summed E-state index contributed by atoms with van der Waals surface area (Å²) in [5.41, 5.74) is 2.55. The fraction of sp³-hybridized carbons (Fsp3) is 0.400. The molecule has 11 heteroatoms. The number of hydrogen-bond donors (Lipinski definition) is 1. The number of anilines is 1. The molecular weight excluding hydrogens is 463 g/mol.